The monoisotopic (exact) mass is 490 g/mol. The fraction of sp³-hybridized carbons (Fsp3) is 0.333. The molecule has 1 aliphatic heterocycles. The SMILES string of the molecule is CC1(C)OCCO[C@H](CNC(=O)c2ccc(-c3ccccc3)cc2)[C@H](CNC(=O)c2ccnnc2)O1. The normalized spacial score (nSPS) is 19.5. The summed E-state index contributed by atoms with van der Waals surface area (Å²) >= 11 is 0. The number of hydrogen-bond acceptors (Lipinski definition) is 7. The number of carbonyl (C=O) groups is 2. The van der Waals surface area contributed by atoms with Gasteiger partial charge >= 0.3 is 0 Å². The van der Waals surface area contributed by atoms with Crippen molar-refractivity contribution in [2.75, 3.05) is 26.3 Å². The van der Waals surface area contributed by atoms with Crippen molar-refractivity contribution in [3.8, 4) is 11.1 Å². The van der Waals surface area contributed by atoms with Gasteiger partial charge in [-0.15, -0.1) is 0 Å². The summed E-state index contributed by atoms with van der Waals surface area (Å²) in [5.41, 5.74) is 3.05. The van der Waals surface area contributed by atoms with Crippen LogP contribution in [0.3, 0.4) is 0 Å². The minimum absolute atomic E-state index is 0.153. The first-order valence-electron chi connectivity index (χ1n) is 11.8. The summed E-state index contributed by atoms with van der Waals surface area (Å²) in [6.45, 7) is 4.65. The molecule has 9 heteroatoms. The molecule has 0 bridgehead atoms. The van der Waals surface area contributed by atoms with Crippen LogP contribution in [-0.4, -0.2) is 66.3 Å². The maximum absolute atomic E-state index is 12.9. The van der Waals surface area contributed by atoms with Gasteiger partial charge in [-0.1, -0.05) is 42.5 Å². The number of carbonyl (C=O) groups excluding carboxylic acids is 2. The van der Waals surface area contributed by atoms with Crippen LogP contribution in [0.4, 0.5) is 0 Å². The molecule has 2 atom stereocenters. The minimum atomic E-state index is -0.882. The van der Waals surface area contributed by atoms with Crippen LogP contribution in [0.2, 0.25) is 0 Å². The van der Waals surface area contributed by atoms with Crippen molar-refractivity contribution >= 4 is 11.8 Å². The van der Waals surface area contributed by atoms with Crippen LogP contribution in [-0.2, 0) is 14.2 Å². The molecule has 1 aromatic heterocycles. The van der Waals surface area contributed by atoms with E-state index in [2.05, 4.69) is 20.8 Å². The Kier molecular flexibility index (Phi) is 8.37. The van der Waals surface area contributed by atoms with Crippen molar-refractivity contribution in [1.29, 1.82) is 0 Å². The number of nitrogens with zero attached hydrogens (tertiary/aromatic N) is 2. The van der Waals surface area contributed by atoms with E-state index >= 15 is 0 Å². The van der Waals surface area contributed by atoms with E-state index in [0.717, 1.165) is 11.1 Å². The highest BCUT2D eigenvalue weighted by molar-refractivity contribution is 5.95. The Labute approximate surface area is 210 Å². The number of nitrogens with one attached hydrogen (secondary N) is 2. The van der Waals surface area contributed by atoms with Gasteiger partial charge in [-0.25, -0.2) is 0 Å². The summed E-state index contributed by atoms with van der Waals surface area (Å²) in [7, 11) is 0. The van der Waals surface area contributed by atoms with E-state index in [1.165, 1.54) is 12.4 Å². The molecule has 188 valence electrons. The molecule has 3 aromatic rings. The molecule has 0 radical (unpaired) electrons. The first kappa shape index (κ1) is 25.4. The molecule has 9 nitrogen and oxygen atoms in total. The highest BCUT2D eigenvalue weighted by atomic mass is 16.7. The molecule has 1 fully saturated rings. The minimum Gasteiger partial charge on any atom is -0.371 e. The second-order valence-corrected chi connectivity index (χ2v) is 8.81. The predicted molar refractivity (Wildman–Crippen MR) is 133 cm³/mol. The average molecular weight is 491 g/mol. The molecule has 0 unspecified atom stereocenters. The van der Waals surface area contributed by atoms with E-state index in [0.29, 0.717) is 24.3 Å². The van der Waals surface area contributed by atoms with Gasteiger partial charge in [0.05, 0.1) is 31.2 Å². The van der Waals surface area contributed by atoms with Gasteiger partial charge in [0.25, 0.3) is 11.8 Å². The van der Waals surface area contributed by atoms with Crippen LogP contribution in [0.5, 0.6) is 0 Å². The lowest BCUT2D eigenvalue weighted by Crippen LogP contribution is -2.52. The lowest BCUT2D eigenvalue weighted by molar-refractivity contribution is -0.277. The van der Waals surface area contributed by atoms with Gasteiger partial charge in [0.1, 0.15) is 12.2 Å². The number of rotatable bonds is 7. The van der Waals surface area contributed by atoms with Crippen LogP contribution in [0.1, 0.15) is 34.6 Å². The molecule has 36 heavy (non-hydrogen) atoms. The van der Waals surface area contributed by atoms with Crippen molar-refractivity contribution in [3.63, 3.8) is 0 Å². The molecule has 2 aromatic carbocycles. The number of hydrogen-bond donors (Lipinski definition) is 2. The fourth-order valence-electron chi connectivity index (χ4n) is 3.89. The van der Waals surface area contributed by atoms with Gasteiger partial charge in [0.15, 0.2) is 5.79 Å². The van der Waals surface area contributed by atoms with Gasteiger partial charge in [-0.2, -0.15) is 10.2 Å². The molecule has 2 N–H and O–H groups in total. The summed E-state index contributed by atoms with van der Waals surface area (Å²) in [5, 5.41) is 13.2. The Hall–Kier alpha value is -3.66. The third kappa shape index (κ3) is 6.94. The van der Waals surface area contributed by atoms with Gasteiger partial charge in [0, 0.05) is 18.7 Å². The summed E-state index contributed by atoms with van der Waals surface area (Å²) < 4.78 is 17.8. The third-order valence-electron chi connectivity index (χ3n) is 5.74. The molecule has 0 saturated carbocycles. The molecule has 4 rings (SSSR count). The van der Waals surface area contributed by atoms with E-state index < -0.39 is 18.0 Å². The van der Waals surface area contributed by atoms with Crippen molar-refractivity contribution in [2.24, 2.45) is 0 Å². The standard InChI is InChI=1S/C27H30N4O5/c1-27(2)35-15-14-34-23(24(36-27)18-29-26(33)22-12-13-30-31-16-22)17-28-25(32)21-10-8-20(9-11-21)19-6-4-3-5-7-19/h3-13,16,23-24H,14-15,17-18H2,1-2H3,(H,28,32)(H,29,33)/t23-,24+/m1/s1. The van der Waals surface area contributed by atoms with Crippen molar-refractivity contribution in [1.82, 2.24) is 20.8 Å². The number of amides is 2. The van der Waals surface area contributed by atoms with Crippen LogP contribution >= 0.6 is 0 Å². The zero-order valence-corrected chi connectivity index (χ0v) is 20.3. The Balaban J connectivity index is 1.40. The van der Waals surface area contributed by atoms with Crippen LogP contribution in [0.15, 0.2) is 73.1 Å². The maximum Gasteiger partial charge on any atom is 0.253 e. The van der Waals surface area contributed by atoms with Crippen molar-refractivity contribution < 1.29 is 23.8 Å². The zero-order valence-electron chi connectivity index (χ0n) is 20.3. The van der Waals surface area contributed by atoms with Gasteiger partial charge in [-0.05, 0) is 43.2 Å². The van der Waals surface area contributed by atoms with Crippen molar-refractivity contribution in [3.05, 3.63) is 84.2 Å². The topological polar surface area (TPSA) is 112 Å². The van der Waals surface area contributed by atoms with E-state index in [1.807, 2.05) is 56.3 Å². The predicted octanol–water partition coefficient (Wildman–Crippen LogP) is 2.84. The van der Waals surface area contributed by atoms with Gasteiger partial charge in [0.2, 0.25) is 0 Å². The van der Waals surface area contributed by atoms with E-state index in [-0.39, 0.29) is 24.9 Å². The molecular formula is C27H30N4O5. The maximum atomic E-state index is 12.9. The highest BCUT2D eigenvalue weighted by Gasteiger charge is 2.33. The average Bonchev–Trinajstić information content (AvgIpc) is 2.90. The summed E-state index contributed by atoms with van der Waals surface area (Å²) in [5.74, 6) is -1.41. The quantitative estimate of drug-likeness (QED) is 0.524. The first-order chi connectivity index (χ1) is 17.4. The molecular weight excluding hydrogens is 460 g/mol. The molecule has 0 spiro atoms. The van der Waals surface area contributed by atoms with Crippen LogP contribution in [0.25, 0.3) is 11.1 Å². The first-order valence-corrected chi connectivity index (χ1v) is 11.8. The summed E-state index contributed by atoms with van der Waals surface area (Å²) in [4.78, 5) is 25.4. The fourth-order valence-corrected chi connectivity index (χ4v) is 3.89. The van der Waals surface area contributed by atoms with Gasteiger partial charge in [-0.3, -0.25) is 9.59 Å². The summed E-state index contributed by atoms with van der Waals surface area (Å²) in [6, 6.07) is 19.0. The highest BCUT2D eigenvalue weighted by Crippen LogP contribution is 2.21. The van der Waals surface area contributed by atoms with E-state index in [9.17, 15) is 9.59 Å². The molecule has 2 heterocycles. The molecule has 2 amide bonds. The largest absolute Gasteiger partial charge is 0.371 e. The Bertz CT molecular complexity index is 1140. The van der Waals surface area contributed by atoms with Crippen LogP contribution < -0.4 is 10.6 Å². The molecule has 1 saturated heterocycles. The smallest absolute Gasteiger partial charge is 0.253 e. The Morgan fingerprint density at radius 1 is 0.833 bits per heavy atom. The number of benzene rings is 2. The third-order valence-corrected chi connectivity index (χ3v) is 5.74. The Morgan fingerprint density at radius 3 is 2.19 bits per heavy atom. The van der Waals surface area contributed by atoms with Gasteiger partial charge < -0.3 is 24.8 Å². The Morgan fingerprint density at radius 2 is 1.50 bits per heavy atom. The molecule has 1 aliphatic rings. The number of aromatic nitrogens is 2. The van der Waals surface area contributed by atoms with E-state index in [4.69, 9.17) is 14.2 Å². The second kappa shape index (κ2) is 11.9. The summed E-state index contributed by atoms with van der Waals surface area (Å²) in [6.07, 6.45) is 1.77. The van der Waals surface area contributed by atoms with Crippen LogP contribution in [0, 0.1) is 0 Å². The van der Waals surface area contributed by atoms with E-state index in [1.54, 1.807) is 18.2 Å². The van der Waals surface area contributed by atoms with Crippen molar-refractivity contribution in [2.45, 2.75) is 31.8 Å². The lowest BCUT2D eigenvalue weighted by atomic mass is 10.0. The lowest BCUT2D eigenvalue weighted by Gasteiger charge is -2.37. The molecule has 0 aliphatic carbocycles. The zero-order chi connectivity index (χ0) is 25.4. The second-order valence-electron chi connectivity index (χ2n) is 8.81. The number of ether oxygens (including phenoxy) is 3.